The number of rotatable bonds is 5. The van der Waals surface area contributed by atoms with Crippen molar-refractivity contribution < 1.29 is 19.4 Å². The van der Waals surface area contributed by atoms with Crippen LogP contribution >= 0.6 is 0 Å². The maximum absolute atomic E-state index is 12.0. The van der Waals surface area contributed by atoms with Gasteiger partial charge in [-0.3, -0.25) is 9.69 Å². The largest absolute Gasteiger partial charge is 0.481 e. The van der Waals surface area contributed by atoms with Gasteiger partial charge in [-0.25, -0.2) is 4.79 Å². The molecule has 0 bridgehead atoms. The van der Waals surface area contributed by atoms with Gasteiger partial charge in [0, 0.05) is 45.9 Å². The van der Waals surface area contributed by atoms with E-state index in [4.69, 9.17) is 9.84 Å². The zero-order chi connectivity index (χ0) is 14.5. The van der Waals surface area contributed by atoms with Crippen LogP contribution in [0.4, 0.5) is 4.79 Å². The van der Waals surface area contributed by atoms with E-state index in [0.717, 1.165) is 25.9 Å². The number of aliphatic carboxylic acids is 1. The van der Waals surface area contributed by atoms with E-state index in [1.807, 2.05) is 0 Å². The summed E-state index contributed by atoms with van der Waals surface area (Å²) in [6.07, 6.45) is 2.22. The highest BCUT2D eigenvalue weighted by Gasteiger charge is 2.31. The van der Waals surface area contributed by atoms with Crippen LogP contribution in [0, 0.1) is 0 Å². The van der Waals surface area contributed by atoms with Crippen molar-refractivity contribution >= 4 is 12.0 Å². The predicted octanol–water partition coefficient (Wildman–Crippen LogP) is -0.0343. The molecule has 0 atom stereocenters. The van der Waals surface area contributed by atoms with Crippen molar-refractivity contribution in [2.45, 2.75) is 31.4 Å². The first-order valence-electron chi connectivity index (χ1n) is 7.11. The summed E-state index contributed by atoms with van der Waals surface area (Å²) < 4.78 is 5.18. The molecular weight excluding hydrogens is 262 g/mol. The number of ether oxygens (including phenoxy) is 1. The number of piperazine rings is 1. The molecule has 2 amide bonds. The topological polar surface area (TPSA) is 82.1 Å². The SMILES string of the molecule is COC1CC(NC(=O)N2CCN(CCC(=O)O)CC2)C1. The summed E-state index contributed by atoms with van der Waals surface area (Å²) in [6, 6.07) is 0.222. The molecule has 7 heteroatoms. The average molecular weight is 285 g/mol. The smallest absolute Gasteiger partial charge is 0.317 e. The van der Waals surface area contributed by atoms with Crippen LogP contribution in [0.5, 0.6) is 0 Å². The van der Waals surface area contributed by atoms with Crippen LogP contribution in [0.2, 0.25) is 0 Å². The number of methoxy groups -OCH3 is 1. The lowest BCUT2D eigenvalue weighted by Crippen LogP contribution is -2.56. The Labute approximate surface area is 118 Å². The van der Waals surface area contributed by atoms with E-state index in [2.05, 4.69) is 10.2 Å². The molecule has 2 aliphatic rings. The van der Waals surface area contributed by atoms with Gasteiger partial charge in [-0.1, -0.05) is 0 Å². The van der Waals surface area contributed by atoms with Gasteiger partial charge in [-0.2, -0.15) is 0 Å². The second kappa shape index (κ2) is 6.90. The first-order chi connectivity index (χ1) is 9.58. The summed E-state index contributed by atoms with van der Waals surface area (Å²) in [7, 11) is 1.69. The number of hydrogen-bond acceptors (Lipinski definition) is 4. The quantitative estimate of drug-likeness (QED) is 0.741. The molecule has 1 saturated heterocycles. The van der Waals surface area contributed by atoms with E-state index >= 15 is 0 Å². The van der Waals surface area contributed by atoms with Gasteiger partial charge in [0.05, 0.1) is 12.5 Å². The number of nitrogens with zero attached hydrogens (tertiary/aromatic N) is 2. The molecule has 114 valence electrons. The normalized spacial score (nSPS) is 26.9. The summed E-state index contributed by atoms with van der Waals surface area (Å²) in [6.45, 7) is 3.36. The molecule has 1 aliphatic carbocycles. The molecule has 2 rings (SSSR count). The van der Waals surface area contributed by atoms with Gasteiger partial charge in [0.15, 0.2) is 0 Å². The van der Waals surface area contributed by atoms with E-state index in [1.54, 1.807) is 12.0 Å². The third kappa shape index (κ3) is 4.08. The monoisotopic (exact) mass is 285 g/mol. The van der Waals surface area contributed by atoms with Crippen LogP contribution < -0.4 is 5.32 Å². The highest BCUT2D eigenvalue weighted by atomic mass is 16.5. The number of nitrogens with one attached hydrogen (secondary N) is 1. The van der Waals surface area contributed by atoms with E-state index < -0.39 is 5.97 Å². The van der Waals surface area contributed by atoms with Crippen molar-refractivity contribution in [1.82, 2.24) is 15.1 Å². The Balaban J connectivity index is 1.63. The third-order valence-corrected chi connectivity index (χ3v) is 4.06. The molecule has 20 heavy (non-hydrogen) atoms. The molecule has 1 saturated carbocycles. The second-order valence-electron chi connectivity index (χ2n) is 5.45. The minimum atomic E-state index is -0.775. The van der Waals surface area contributed by atoms with Crippen LogP contribution in [0.15, 0.2) is 0 Å². The molecule has 0 unspecified atom stereocenters. The van der Waals surface area contributed by atoms with E-state index in [0.29, 0.717) is 19.6 Å². The van der Waals surface area contributed by atoms with Crippen LogP contribution in [-0.2, 0) is 9.53 Å². The summed E-state index contributed by atoms with van der Waals surface area (Å²) >= 11 is 0. The molecule has 1 heterocycles. The average Bonchev–Trinajstić information content (AvgIpc) is 2.40. The molecule has 7 nitrogen and oxygen atoms in total. The van der Waals surface area contributed by atoms with Crippen molar-refractivity contribution in [3.8, 4) is 0 Å². The molecule has 2 fully saturated rings. The number of amides is 2. The van der Waals surface area contributed by atoms with Gasteiger partial charge in [0.1, 0.15) is 0 Å². The maximum atomic E-state index is 12.0. The van der Waals surface area contributed by atoms with Crippen molar-refractivity contribution in [2.24, 2.45) is 0 Å². The van der Waals surface area contributed by atoms with Crippen molar-refractivity contribution in [3.63, 3.8) is 0 Å². The lowest BCUT2D eigenvalue weighted by Gasteiger charge is -2.38. The molecule has 0 aromatic carbocycles. The first kappa shape index (κ1) is 15.1. The van der Waals surface area contributed by atoms with Gasteiger partial charge in [-0.15, -0.1) is 0 Å². The number of hydrogen-bond donors (Lipinski definition) is 2. The molecule has 0 spiro atoms. The Morgan fingerprint density at radius 1 is 1.25 bits per heavy atom. The predicted molar refractivity (Wildman–Crippen MR) is 72.6 cm³/mol. The van der Waals surface area contributed by atoms with Crippen LogP contribution in [-0.4, -0.2) is 78.9 Å². The minimum Gasteiger partial charge on any atom is -0.481 e. The Morgan fingerprint density at radius 3 is 2.45 bits per heavy atom. The van der Waals surface area contributed by atoms with E-state index in [1.165, 1.54) is 0 Å². The Morgan fingerprint density at radius 2 is 1.90 bits per heavy atom. The summed E-state index contributed by atoms with van der Waals surface area (Å²) in [5.41, 5.74) is 0. The fourth-order valence-corrected chi connectivity index (χ4v) is 2.57. The number of urea groups is 1. The zero-order valence-electron chi connectivity index (χ0n) is 11.9. The van der Waals surface area contributed by atoms with Crippen LogP contribution in [0.3, 0.4) is 0 Å². The van der Waals surface area contributed by atoms with Gasteiger partial charge < -0.3 is 20.1 Å². The first-order valence-corrected chi connectivity index (χ1v) is 7.11. The number of carbonyl (C=O) groups is 2. The summed E-state index contributed by atoms with van der Waals surface area (Å²) in [5, 5.41) is 11.7. The lowest BCUT2D eigenvalue weighted by molar-refractivity contribution is -0.137. The third-order valence-electron chi connectivity index (χ3n) is 4.06. The molecule has 0 aromatic rings. The van der Waals surface area contributed by atoms with Crippen molar-refractivity contribution in [1.29, 1.82) is 0 Å². The van der Waals surface area contributed by atoms with E-state index in [9.17, 15) is 9.59 Å². The van der Waals surface area contributed by atoms with Gasteiger partial charge in [0.2, 0.25) is 0 Å². The molecule has 0 aromatic heterocycles. The minimum absolute atomic E-state index is 0.0116. The fraction of sp³-hybridized carbons (Fsp3) is 0.846. The van der Waals surface area contributed by atoms with E-state index in [-0.39, 0.29) is 24.6 Å². The van der Waals surface area contributed by atoms with Crippen molar-refractivity contribution in [2.75, 3.05) is 39.8 Å². The summed E-state index contributed by atoms with van der Waals surface area (Å²) in [5.74, 6) is -0.775. The van der Waals surface area contributed by atoms with Crippen LogP contribution in [0.1, 0.15) is 19.3 Å². The Kier molecular flexibility index (Phi) is 5.19. The fourth-order valence-electron chi connectivity index (χ4n) is 2.57. The number of carboxylic acids is 1. The lowest BCUT2D eigenvalue weighted by atomic mass is 9.89. The molecule has 0 radical (unpaired) electrons. The number of carbonyl (C=O) groups excluding carboxylic acids is 1. The van der Waals surface area contributed by atoms with Crippen LogP contribution in [0.25, 0.3) is 0 Å². The summed E-state index contributed by atoms with van der Waals surface area (Å²) in [4.78, 5) is 26.4. The second-order valence-corrected chi connectivity index (χ2v) is 5.45. The zero-order valence-corrected chi connectivity index (χ0v) is 11.9. The highest BCUT2D eigenvalue weighted by molar-refractivity contribution is 5.74. The van der Waals surface area contributed by atoms with Gasteiger partial charge in [-0.05, 0) is 12.8 Å². The molecular formula is C13H23N3O4. The molecule has 1 aliphatic heterocycles. The van der Waals surface area contributed by atoms with Gasteiger partial charge >= 0.3 is 12.0 Å². The molecule has 2 N–H and O–H groups in total. The Bertz CT molecular complexity index is 350. The van der Waals surface area contributed by atoms with Crippen molar-refractivity contribution in [3.05, 3.63) is 0 Å². The number of carboxylic acid groups (broad SMARTS) is 1. The highest BCUT2D eigenvalue weighted by Crippen LogP contribution is 2.22. The maximum Gasteiger partial charge on any atom is 0.317 e. The Hall–Kier alpha value is -1.34. The standard InChI is InChI=1S/C13H23N3O4/c1-20-11-8-10(9-11)14-13(19)16-6-4-15(5-7-16)3-2-12(17)18/h10-11H,2-9H2,1H3,(H,14,19)(H,17,18). The van der Waals surface area contributed by atoms with Gasteiger partial charge in [0.25, 0.3) is 0 Å².